The van der Waals surface area contributed by atoms with Crippen molar-refractivity contribution in [2.45, 2.75) is 6.54 Å². The zero-order valence-corrected chi connectivity index (χ0v) is 11.5. The van der Waals surface area contributed by atoms with Crippen molar-refractivity contribution in [1.29, 1.82) is 0 Å². The third-order valence-corrected chi connectivity index (χ3v) is 2.95. The van der Waals surface area contributed by atoms with Gasteiger partial charge < -0.3 is 14.8 Å². The van der Waals surface area contributed by atoms with Crippen molar-refractivity contribution < 1.29 is 22.6 Å². The van der Waals surface area contributed by atoms with Gasteiger partial charge in [-0.1, -0.05) is 0 Å². The van der Waals surface area contributed by atoms with Crippen molar-refractivity contribution in [1.82, 2.24) is 0 Å². The topological polar surface area (TPSA) is 30.5 Å². The minimum atomic E-state index is -1.49. The summed E-state index contributed by atoms with van der Waals surface area (Å²) >= 11 is 0. The molecule has 2 rings (SSSR count). The Morgan fingerprint density at radius 3 is 2.19 bits per heavy atom. The molecule has 6 heteroatoms. The van der Waals surface area contributed by atoms with Crippen molar-refractivity contribution >= 4 is 5.69 Å². The predicted octanol–water partition coefficient (Wildman–Crippen LogP) is 3.73. The lowest BCUT2D eigenvalue weighted by molar-refractivity contribution is 0.399. The molecule has 0 heterocycles. The molecule has 1 N–H and O–H groups in total. The fourth-order valence-corrected chi connectivity index (χ4v) is 1.87. The maximum absolute atomic E-state index is 13.1. The molecule has 21 heavy (non-hydrogen) atoms. The smallest absolute Gasteiger partial charge is 0.194 e. The summed E-state index contributed by atoms with van der Waals surface area (Å²) in [5, 5.41) is 2.81. The van der Waals surface area contributed by atoms with Crippen molar-refractivity contribution in [2.75, 3.05) is 19.5 Å². The van der Waals surface area contributed by atoms with E-state index in [2.05, 4.69) is 5.32 Å². The molecule has 0 amide bonds. The maximum Gasteiger partial charge on any atom is 0.194 e. The Hall–Kier alpha value is -2.37. The number of ether oxygens (including phenoxy) is 2. The van der Waals surface area contributed by atoms with E-state index in [4.69, 9.17) is 9.47 Å². The van der Waals surface area contributed by atoms with E-state index in [1.807, 2.05) is 0 Å². The van der Waals surface area contributed by atoms with Crippen LogP contribution in [0.5, 0.6) is 11.5 Å². The quantitative estimate of drug-likeness (QED) is 0.853. The lowest BCUT2D eigenvalue weighted by Gasteiger charge is -2.12. The predicted molar refractivity (Wildman–Crippen MR) is 73.2 cm³/mol. The first kappa shape index (κ1) is 15.0. The third-order valence-electron chi connectivity index (χ3n) is 2.95. The van der Waals surface area contributed by atoms with Crippen molar-refractivity contribution in [3.63, 3.8) is 0 Å². The standard InChI is InChI=1S/C15H14F3NO2/c1-20-11-3-4-14(21-2)9(5-11)8-19-10-6-12(16)15(18)13(17)7-10/h3-7,19H,8H2,1-2H3. The van der Waals surface area contributed by atoms with Crippen LogP contribution in [0.4, 0.5) is 18.9 Å². The highest BCUT2D eigenvalue weighted by Crippen LogP contribution is 2.25. The largest absolute Gasteiger partial charge is 0.497 e. The van der Waals surface area contributed by atoms with Crippen LogP contribution in [0.15, 0.2) is 30.3 Å². The molecule has 0 saturated heterocycles. The average molecular weight is 297 g/mol. The molecule has 0 atom stereocenters. The number of rotatable bonds is 5. The number of anilines is 1. The molecular weight excluding hydrogens is 283 g/mol. The number of hydrogen-bond donors (Lipinski definition) is 1. The summed E-state index contributed by atoms with van der Waals surface area (Å²) in [5.74, 6) is -2.74. The highest BCUT2D eigenvalue weighted by molar-refractivity contribution is 5.47. The van der Waals surface area contributed by atoms with E-state index in [1.54, 1.807) is 18.2 Å². The minimum Gasteiger partial charge on any atom is -0.497 e. The molecule has 0 bridgehead atoms. The average Bonchev–Trinajstić information content (AvgIpc) is 2.50. The fourth-order valence-electron chi connectivity index (χ4n) is 1.87. The maximum atomic E-state index is 13.1. The number of nitrogens with one attached hydrogen (secondary N) is 1. The first-order chi connectivity index (χ1) is 10.0. The molecule has 3 nitrogen and oxygen atoms in total. The van der Waals surface area contributed by atoms with Gasteiger partial charge in [0.1, 0.15) is 11.5 Å². The van der Waals surface area contributed by atoms with Gasteiger partial charge in [0.05, 0.1) is 14.2 Å². The highest BCUT2D eigenvalue weighted by atomic mass is 19.2. The molecule has 0 spiro atoms. The van der Waals surface area contributed by atoms with E-state index in [1.165, 1.54) is 14.2 Å². The van der Waals surface area contributed by atoms with Crippen LogP contribution in [-0.4, -0.2) is 14.2 Å². The minimum absolute atomic E-state index is 0.135. The zero-order chi connectivity index (χ0) is 15.4. The second kappa shape index (κ2) is 6.39. The molecule has 0 aliphatic rings. The Bertz CT molecular complexity index is 624. The summed E-state index contributed by atoms with van der Waals surface area (Å²) in [4.78, 5) is 0. The van der Waals surface area contributed by atoms with E-state index in [-0.39, 0.29) is 12.2 Å². The van der Waals surface area contributed by atoms with Crippen LogP contribution in [0.3, 0.4) is 0 Å². The summed E-state index contributed by atoms with van der Waals surface area (Å²) in [6.07, 6.45) is 0. The molecule has 2 aromatic carbocycles. The van der Waals surface area contributed by atoms with Gasteiger partial charge in [-0.05, 0) is 18.2 Å². The fraction of sp³-hybridized carbons (Fsp3) is 0.200. The molecule has 0 radical (unpaired) electrons. The lowest BCUT2D eigenvalue weighted by atomic mass is 10.1. The van der Waals surface area contributed by atoms with Gasteiger partial charge in [0, 0.05) is 29.9 Å². The van der Waals surface area contributed by atoms with E-state index < -0.39 is 17.5 Å². The SMILES string of the molecule is COc1ccc(OC)c(CNc2cc(F)c(F)c(F)c2)c1. The summed E-state index contributed by atoms with van der Waals surface area (Å²) in [6.45, 7) is 0.241. The van der Waals surface area contributed by atoms with Crippen LogP contribution in [-0.2, 0) is 6.54 Å². The van der Waals surface area contributed by atoms with Gasteiger partial charge in [-0.2, -0.15) is 0 Å². The van der Waals surface area contributed by atoms with Gasteiger partial charge in [0.25, 0.3) is 0 Å². The van der Waals surface area contributed by atoms with E-state index in [0.717, 1.165) is 17.7 Å². The van der Waals surface area contributed by atoms with Gasteiger partial charge in [-0.15, -0.1) is 0 Å². The van der Waals surface area contributed by atoms with Gasteiger partial charge in [0.15, 0.2) is 17.5 Å². The molecule has 0 unspecified atom stereocenters. The summed E-state index contributed by atoms with van der Waals surface area (Å²) in [5.41, 5.74) is 0.873. The second-order valence-electron chi connectivity index (χ2n) is 4.29. The Morgan fingerprint density at radius 2 is 1.62 bits per heavy atom. The first-order valence-corrected chi connectivity index (χ1v) is 6.14. The zero-order valence-electron chi connectivity index (χ0n) is 11.5. The molecule has 0 aromatic heterocycles. The van der Waals surface area contributed by atoms with Gasteiger partial charge in [-0.25, -0.2) is 13.2 Å². The molecule has 112 valence electrons. The Labute approximate surface area is 120 Å². The van der Waals surface area contributed by atoms with Crippen LogP contribution in [0, 0.1) is 17.5 Å². The normalized spacial score (nSPS) is 10.3. The molecule has 0 aliphatic carbocycles. The number of benzene rings is 2. The van der Waals surface area contributed by atoms with Crippen molar-refractivity contribution in [3.8, 4) is 11.5 Å². The molecule has 0 saturated carbocycles. The first-order valence-electron chi connectivity index (χ1n) is 6.14. The van der Waals surface area contributed by atoms with E-state index in [0.29, 0.717) is 11.5 Å². The van der Waals surface area contributed by atoms with Gasteiger partial charge in [0.2, 0.25) is 0 Å². The van der Waals surface area contributed by atoms with Crippen molar-refractivity contribution in [2.24, 2.45) is 0 Å². The van der Waals surface area contributed by atoms with Crippen molar-refractivity contribution in [3.05, 3.63) is 53.3 Å². The summed E-state index contributed by atoms with van der Waals surface area (Å²) < 4.78 is 49.4. The van der Waals surface area contributed by atoms with Crippen LogP contribution in [0.2, 0.25) is 0 Å². The van der Waals surface area contributed by atoms with Crippen LogP contribution in [0.1, 0.15) is 5.56 Å². The third kappa shape index (κ3) is 3.39. The highest BCUT2D eigenvalue weighted by Gasteiger charge is 2.11. The monoisotopic (exact) mass is 297 g/mol. The molecular formula is C15H14F3NO2. The Morgan fingerprint density at radius 1 is 0.952 bits per heavy atom. The van der Waals surface area contributed by atoms with Gasteiger partial charge >= 0.3 is 0 Å². The van der Waals surface area contributed by atoms with E-state index in [9.17, 15) is 13.2 Å². The van der Waals surface area contributed by atoms with Crippen LogP contribution < -0.4 is 14.8 Å². The van der Waals surface area contributed by atoms with Crippen LogP contribution >= 0.6 is 0 Å². The summed E-state index contributed by atoms with van der Waals surface area (Å²) in [7, 11) is 3.05. The number of halogens is 3. The lowest BCUT2D eigenvalue weighted by Crippen LogP contribution is -2.04. The number of methoxy groups -OCH3 is 2. The molecule has 0 fully saturated rings. The second-order valence-corrected chi connectivity index (χ2v) is 4.29. The Kier molecular flexibility index (Phi) is 4.57. The van der Waals surface area contributed by atoms with Gasteiger partial charge in [-0.3, -0.25) is 0 Å². The van der Waals surface area contributed by atoms with E-state index >= 15 is 0 Å². The number of hydrogen-bond acceptors (Lipinski definition) is 3. The molecule has 2 aromatic rings. The Balaban J connectivity index is 2.19. The van der Waals surface area contributed by atoms with Crippen LogP contribution in [0.25, 0.3) is 0 Å². The summed E-state index contributed by atoms with van der Waals surface area (Å²) in [6, 6.07) is 6.99. The molecule has 0 aliphatic heterocycles.